The van der Waals surface area contributed by atoms with Gasteiger partial charge in [0.25, 0.3) is 0 Å². The summed E-state index contributed by atoms with van der Waals surface area (Å²) < 4.78 is 13.0. The van der Waals surface area contributed by atoms with Gasteiger partial charge in [-0.2, -0.15) is 5.10 Å². The molecule has 0 unspecified atom stereocenters. The van der Waals surface area contributed by atoms with Gasteiger partial charge in [-0.15, -0.1) is 0 Å². The van der Waals surface area contributed by atoms with Crippen LogP contribution in [0.15, 0.2) is 53.6 Å². The lowest BCUT2D eigenvalue weighted by molar-refractivity contribution is 0.249. The van der Waals surface area contributed by atoms with E-state index in [2.05, 4.69) is 20.3 Å². The van der Waals surface area contributed by atoms with Crippen LogP contribution in [0.1, 0.15) is 5.56 Å². The standard InChI is InChI=1S/C18H20FN5O/c19-15-3-7-17(8-4-15)24-11-9-23(10-12-24)16-5-1-14(2-6-16)13-21-22-18(20)25/h1-8,13H,9-12H2,(H3,20,22,25)/b21-13+. The third-order valence-electron chi connectivity index (χ3n) is 4.12. The first-order valence-electron chi connectivity index (χ1n) is 8.06. The van der Waals surface area contributed by atoms with Crippen LogP contribution in [-0.2, 0) is 0 Å². The molecule has 0 aliphatic carbocycles. The van der Waals surface area contributed by atoms with Crippen molar-refractivity contribution in [2.75, 3.05) is 36.0 Å². The number of hydrogen-bond donors (Lipinski definition) is 2. The Morgan fingerprint density at radius 2 is 1.44 bits per heavy atom. The Kier molecular flexibility index (Phi) is 5.13. The fourth-order valence-electron chi connectivity index (χ4n) is 2.82. The molecule has 1 fully saturated rings. The molecule has 0 aromatic heterocycles. The number of urea groups is 1. The third-order valence-corrected chi connectivity index (χ3v) is 4.12. The molecule has 25 heavy (non-hydrogen) atoms. The van der Waals surface area contributed by atoms with Crippen LogP contribution >= 0.6 is 0 Å². The van der Waals surface area contributed by atoms with E-state index in [4.69, 9.17) is 5.73 Å². The molecule has 6 nitrogen and oxygen atoms in total. The number of halogens is 1. The van der Waals surface area contributed by atoms with Crippen LogP contribution in [0.2, 0.25) is 0 Å². The van der Waals surface area contributed by atoms with Crippen LogP contribution in [0.4, 0.5) is 20.6 Å². The van der Waals surface area contributed by atoms with Crippen molar-refractivity contribution in [3.63, 3.8) is 0 Å². The molecule has 1 saturated heterocycles. The molecule has 0 radical (unpaired) electrons. The number of hydrogen-bond acceptors (Lipinski definition) is 4. The molecule has 7 heteroatoms. The van der Waals surface area contributed by atoms with Gasteiger partial charge in [0.15, 0.2) is 0 Å². The summed E-state index contributed by atoms with van der Waals surface area (Å²) in [7, 11) is 0. The molecule has 1 aliphatic rings. The molecule has 2 amide bonds. The van der Waals surface area contributed by atoms with Crippen molar-refractivity contribution >= 4 is 23.6 Å². The Labute approximate surface area is 145 Å². The molecule has 130 valence electrons. The van der Waals surface area contributed by atoms with Gasteiger partial charge in [-0.1, -0.05) is 12.1 Å². The molecule has 3 N–H and O–H groups in total. The summed E-state index contributed by atoms with van der Waals surface area (Å²) in [5, 5.41) is 3.74. The van der Waals surface area contributed by atoms with Gasteiger partial charge in [-0.25, -0.2) is 14.6 Å². The summed E-state index contributed by atoms with van der Waals surface area (Å²) in [5.41, 5.74) is 10.2. The minimum absolute atomic E-state index is 0.211. The SMILES string of the molecule is NC(=O)N/N=C/c1ccc(N2CCN(c3ccc(F)cc3)CC2)cc1. The second kappa shape index (κ2) is 7.65. The number of nitrogens with zero attached hydrogens (tertiary/aromatic N) is 3. The summed E-state index contributed by atoms with van der Waals surface area (Å²) in [6.07, 6.45) is 1.54. The number of nitrogens with two attached hydrogens (primary N) is 1. The molecule has 0 spiro atoms. The molecule has 1 aliphatic heterocycles. The highest BCUT2D eigenvalue weighted by Crippen LogP contribution is 2.21. The van der Waals surface area contributed by atoms with Crippen molar-refractivity contribution in [2.45, 2.75) is 0 Å². The number of primary amides is 1. The highest BCUT2D eigenvalue weighted by Gasteiger charge is 2.17. The largest absolute Gasteiger partial charge is 0.368 e. The lowest BCUT2D eigenvalue weighted by Gasteiger charge is -2.37. The summed E-state index contributed by atoms with van der Waals surface area (Å²) in [6, 6.07) is 13.9. The molecule has 0 atom stereocenters. The van der Waals surface area contributed by atoms with Gasteiger partial charge in [-0.05, 0) is 42.0 Å². The highest BCUT2D eigenvalue weighted by atomic mass is 19.1. The van der Waals surface area contributed by atoms with E-state index in [1.807, 2.05) is 36.4 Å². The molecule has 2 aromatic carbocycles. The zero-order valence-corrected chi connectivity index (χ0v) is 13.7. The van der Waals surface area contributed by atoms with Gasteiger partial charge >= 0.3 is 6.03 Å². The quantitative estimate of drug-likeness (QED) is 0.661. The van der Waals surface area contributed by atoms with E-state index in [9.17, 15) is 9.18 Å². The smallest absolute Gasteiger partial charge is 0.332 e. The second-order valence-electron chi connectivity index (χ2n) is 5.78. The van der Waals surface area contributed by atoms with Gasteiger partial charge in [0.1, 0.15) is 5.82 Å². The first kappa shape index (κ1) is 16.8. The fourth-order valence-corrected chi connectivity index (χ4v) is 2.82. The van der Waals surface area contributed by atoms with Crippen molar-refractivity contribution in [3.05, 3.63) is 59.9 Å². The Morgan fingerprint density at radius 3 is 1.92 bits per heavy atom. The predicted molar refractivity (Wildman–Crippen MR) is 97.6 cm³/mol. The lowest BCUT2D eigenvalue weighted by atomic mass is 10.2. The van der Waals surface area contributed by atoms with E-state index < -0.39 is 6.03 Å². The average molecular weight is 341 g/mol. The van der Waals surface area contributed by atoms with Crippen molar-refractivity contribution in [3.8, 4) is 0 Å². The number of rotatable bonds is 4. The maximum atomic E-state index is 13.0. The highest BCUT2D eigenvalue weighted by molar-refractivity contribution is 5.82. The Bertz CT molecular complexity index is 737. The van der Waals surface area contributed by atoms with Crippen molar-refractivity contribution < 1.29 is 9.18 Å². The average Bonchev–Trinajstić information content (AvgIpc) is 2.63. The number of nitrogens with one attached hydrogen (secondary N) is 1. The van der Waals surface area contributed by atoms with Gasteiger partial charge in [0.2, 0.25) is 0 Å². The van der Waals surface area contributed by atoms with Crippen LogP contribution in [0.25, 0.3) is 0 Å². The molecule has 2 aromatic rings. The Hall–Kier alpha value is -3.09. The summed E-state index contributed by atoms with van der Waals surface area (Å²) in [4.78, 5) is 15.1. The van der Waals surface area contributed by atoms with Crippen molar-refractivity contribution in [1.29, 1.82) is 0 Å². The number of carbonyl (C=O) groups is 1. The van der Waals surface area contributed by atoms with Crippen LogP contribution in [0.5, 0.6) is 0 Å². The molecule has 3 rings (SSSR count). The van der Waals surface area contributed by atoms with Crippen LogP contribution < -0.4 is 21.0 Å². The van der Waals surface area contributed by atoms with Gasteiger partial charge < -0.3 is 15.5 Å². The second-order valence-corrected chi connectivity index (χ2v) is 5.78. The van der Waals surface area contributed by atoms with Crippen LogP contribution in [0, 0.1) is 5.82 Å². The molecular formula is C18H20FN5O. The number of benzene rings is 2. The number of hydrazone groups is 1. The molecule has 0 bridgehead atoms. The first-order valence-corrected chi connectivity index (χ1v) is 8.06. The summed E-state index contributed by atoms with van der Waals surface area (Å²) in [5.74, 6) is -0.211. The molecule has 0 saturated carbocycles. The van der Waals surface area contributed by atoms with E-state index >= 15 is 0 Å². The number of amides is 2. The lowest BCUT2D eigenvalue weighted by Crippen LogP contribution is -2.46. The molecule has 1 heterocycles. The topological polar surface area (TPSA) is 74.0 Å². The number of carbonyl (C=O) groups excluding carboxylic acids is 1. The Balaban J connectivity index is 1.56. The fraction of sp³-hybridized carbons (Fsp3) is 0.222. The third kappa shape index (κ3) is 4.47. The van der Waals surface area contributed by atoms with Gasteiger partial charge in [0, 0.05) is 37.6 Å². The van der Waals surface area contributed by atoms with E-state index in [-0.39, 0.29) is 5.82 Å². The molecular weight excluding hydrogens is 321 g/mol. The van der Waals surface area contributed by atoms with Crippen molar-refractivity contribution in [2.24, 2.45) is 10.8 Å². The first-order chi connectivity index (χ1) is 12.1. The zero-order chi connectivity index (χ0) is 17.6. The Morgan fingerprint density at radius 1 is 0.960 bits per heavy atom. The van der Waals surface area contributed by atoms with Gasteiger partial charge in [-0.3, -0.25) is 0 Å². The van der Waals surface area contributed by atoms with Crippen LogP contribution in [0.3, 0.4) is 0 Å². The normalized spacial score (nSPS) is 14.8. The maximum Gasteiger partial charge on any atom is 0.332 e. The summed E-state index contributed by atoms with van der Waals surface area (Å²) >= 11 is 0. The predicted octanol–water partition coefficient (Wildman–Crippen LogP) is 2.15. The van der Waals surface area contributed by atoms with E-state index in [1.165, 1.54) is 12.1 Å². The van der Waals surface area contributed by atoms with E-state index in [0.717, 1.165) is 43.1 Å². The monoisotopic (exact) mass is 341 g/mol. The van der Waals surface area contributed by atoms with Crippen LogP contribution in [-0.4, -0.2) is 38.4 Å². The maximum absolute atomic E-state index is 13.0. The van der Waals surface area contributed by atoms with Crippen molar-refractivity contribution in [1.82, 2.24) is 5.43 Å². The number of anilines is 2. The van der Waals surface area contributed by atoms with E-state index in [1.54, 1.807) is 6.21 Å². The van der Waals surface area contributed by atoms with Gasteiger partial charge in [0.05, 0.1) is 6.21 Å². The minimum Gasteiger partial charge on any atom is -0.368 e. The summed E-state index contributed by atoms with van der Waals surface area (Å²) in [6.45, 7) is 3.57. The number of piperazine rings is 1. The van der Waals surface area contributed by atoms with E-state index in [0.29, 0.717) is 0 Å². The zero-order valence-electron chi connectivity index (χ0n) is 13.7. The minimum atomic E-state index is -0.688.